The first-order chi connectivity index (χ1) is 4.61. The molecule has 0 saturated carbocycles. The molecule has 1 aromatic carbocycles. The zero-order valence-corrected chi connectivity index (χ0v) is 9.75. The van der Waals surface area contributed by atoms with Gasteiger partial charge in [0, 0.05) is 19.5 Å². The van der Waals surface area contributed by atoms with E-state index >= 15 is 0 Å². The molecule has 0 saturated heterocycles. The Morgan fingerprint density at radius 1 is 1.25 bits per heavy atom. The van der Waals surface area contributed by atoms with Crippen LogP contribution in [0.1, 0.15) is 5.56 Å². The molecule has 0 bridgehead atoms. The second-order valence-electron chi connectivity index (χ2n) is 1.79. The van der Waals surface area contributed by atoms with Crippen LogP contribution >= 0.6 is 0 Å². The van der Waals surface area contributed by atoms with Crippen LogP contribution < -0.4 is 12.4 Å². The van der Waals surface area contributed by atoms with E-state index in [0.29, 0.717) is 0 Å². The van der Waals surface area contributed by atoms with Crippen LogP contribution in [0.5, 0.6) is 0 Å². The molecule has 0 aromatic heterocycles. The van der Waals surface area contributed by atoms with E-state index in [0.717, 1.165) is 12.1 Å². The molecule has 1 aromatic rings. The van der Waals surface area contributed by atoms with Crippen LogP contribution in [0.15, 0.2) is 24.3 Å². The fraction of sp³-hybridized carbons (Fsp3) is 0.143. The Hall–Kier alpha value is -0.0766. The minimum atomic E-state index is -4.24. The van der Waals surface area contributed by atoms with Gasteiger partial charge in [-0.3, -0.25) is 0 Å². The predicted octanol–water partition coefficient (Wildman–Crippen LogP) is -0.493. The van der Waals surface area contributed by atoms with Gasteiger partial charge in [0.05, 0.1) is 5.56 Å². The van der Waals surface area contributed by atoms with Gasteiger partial charge in [-0.1, -0.05) is 12.1 Å². The molecule has 63 valence electrons. The summed E-state index contributed by atoms with van der Waals surface area (Å²) in [6, 6.07) is 7.01. The number of hydrogen-bond donors (Lipinski definition) is 0. The fourth-order valence-electron chi connectivity index (χ4n) is 0.570. The smallest absolute Gasteiger partial charge is 0.416 e. The molecule has 12 heavy (non-hydrogen) atoms. The van der Waals surface area contributed by atoms with E-state index in [2.05, 4.69) is 6.07 Å². The van der Waals surface area contributed by atoms with Gasteiger partial charge in [-0.15, -0.1) is 0 Å². The van der Waals surface area contributed by atoms with Gasteiger partial charge >= 0.3 is 6.18 Å². The average molecular weight is 246 g/mol. The SMILES string of the molecule is FC(F)(F)c1c[c]ccc1.[Cl-].[Zn]. The quantitative estimate of drug-likeness (QED) is 0.542. The van der Waals surface area contributed by atoms with Crippen LogP contribution in [0.3, 0.4) is 0 Å². The van der Waals surface area contributed by atoms with Gasteiger partial charge in [-0.25, -0.2) is 0 Å². The van der Waals surface area contributed by atoms with Crippen LogP contribution in [0.25, 0.3) is 0 Å². The number of benzene rings is 1. The second kappa shape index (κ2) is 5.55. The first kappa shape index (κ1) is 14.4. The van der Waals surface area contributed by atoms with Crippen molar-refractivity contribution in [2.75, 3.05) is 0 Å². The van der Waals surface area contributed by atoms with Crippen molar-refractivity contribution in [3.8, 4) is 0 Å². The molecule has 0 nitrogen and oxygen atoms in total. The summed E-state index contributed by atoms with van der Waals surface area (Å²) in [5, 5.41) is 0. The predicted molar refractivity (Wildman–Crippen MR) is 30.3 cm³/mol. The van der Waals surface area contributed by atoms with Crippen LogP contribution in [0.2, 0.25) is 0 Å². The summed E-state index contributed by atoms with van der Waals surface area (Å²) in [6.45, 7) is 0. The Balaban J connectivity index is 0. The van der Waals surface area contributed by atoms with Gasteiger partial charge in [0.25, 0.3) is 0 Å². The maximum absolute atomic E-state index is 11.8. The Labute approximate surface area is 87.3 Å². The summed E-state index contributed by atoms with van der Waals surface area (Å²) in [7, 11) is 0. The van der Waals surface area contributed by atoms with Crippen molar-refractivity contribution in [1.82, 2.24) is 0 Å². The molecule has 0 aliphatic heterocycles. The van der Waals surface area contributed by atoms with Crippen molar-refractivity contribution in [3.63, 3.8) is 0 Å². The maximum Gasteiger partial charge on any atom is 0.416 e. The Bertz CT molecular complexity index is 210. The van der Waals surface area contributed by atoms with Crippen LogP contribution in [-0.2, 0) is 25.7 Å². The van der Waals surface area contributed by atoms with Gasteiger partial charge in [-0.2, -0.15) is 13.2 Å². The first-order valence-corrected chi connectivity index (χ1v) is 2.64. The molecule has 0 aliphatic carbocycles. The normalized spacial score (nSPS) is 9.58. The molecule has 1 rings (SSSR count). The molecule has 0 N–H and O–H groups in total. The molecular formula is C7H4ClF3Zn-. The number of rotatable bonds is 0. The zero-order valence-electron chi connectivity index (χ0n) is 6.03. The van der Waals surface area contributed by atoms with E-state index in [-0.39, 0.29) is 31.9 Å². The van der Waals surface area contributed by atoms with Gasteiger partial charge in [0.1, 0.15) is 0 Å². The molecule has 5 heteroatoms. The summed E-state index contributed by atoms with van der Waals surface area (Å²) >= 11 is 0. The maximum atomic E-state index is 11.8. The van der Waals surface area contributed by atoms with Crippen molar-refractivity contribution in [2.24, 2.45) is 0 Å². The minimum Gasteiger partial charge on any atom is -1.00 e. The first-order valence-electron chi connectivity index (χ1n) is 2.64. The zero-order chi connectivity index (χ0) is 7.61. The van der Waals surface area contributed by atoms with E-state index in [1.807, 2.05) is 0 Å². The van der Waals surface area contributed by atoms with Crippen molar-refractivity contribution in [1.29, 1.82) is 0 Å². The Morgan fingerprint density at radius 3 is 2.08 bits per heavy atom. The molecule has 1 radical (unpaired) electrons. The number of halogens is 4. The molecule has 0 heterocycles. The van der Waals surface area contributed by atoms with Gasteiger partial charge < -0.3 is 12.4 Å². The molecule has 0 atom stereocenters. The monoisotopic (exact) mass is 244 g/mol. The van der Waals surface area contributed by atoms with Crippen molar-refractivity contribution in [2.45, 2.75) is 6.18 Å². The molecule has 0 spiro atoms. The summed E-state index contributed by atoms with van der Waals surface area (Å²) in [5.41, 5.74) is -0.657. The number of hydrogen-bond acceptors (Lipinski definition) is 0. The molecule has 0 unspecified atom stereocenters. The van der Waals surface area contributed by atoms with E-state index < -0.39 is 11.7 Å². The molecule has 0 amide bonds. The minimum absolute atomic E-state index is 0. The summed E-state index contributed by atoms with van der Waals surface area (Å²) in [4.78, 5) is 0. The summed E-state index contributed by atoms with van der Waals surface area (Å²) in [6.07, 6.45) is -4.24. The Kier molecular flexibility index (Phi) is 6.68. The van der Waals surface area contributed by atoms with Crippen molar-refractivity contribution < 1.29 is 45.1 Å². The van der Waals surface area contributed by atoms with Gasteiger partial charge in [0.2, 0.25) is 0 Å². The topological polar surface area (TPSA) is 0 Å². The third kappa shape index (κ3) is 4.08. The molecular weight excluding hydrogens is 242 g/mol. The largest absolute Gasteiger partial charge is 1.00 e. The van der Waals surface area contributed by atoms with E-state index in [1.54, 1.807) is 0 Å². The average Bonchev–Trinajstić information content (AvgIpc) is 1.88. The molecule has 0 fully saturated rings. The summed E-state index contributed by atoms with van der Waals surface area (Å²) < 4.78 is 35.3. The van der Waals surface area contributed by atoms with Gasteiger partial charge in [0.15, 0.2) is 0 Å². The van der Waals surface area contributed by atoms with E-state index in [9.17, 15) is 13.2 Å². The Morgan fingerprint density at radius 2 is 1.83 bits per heavy atom. The van der Waals surface area contributed by atoms with E-state index in [4.69, 9.17) is 0 Å². The third-order valence-electron chi connectivity index (χ3n) is 1.03. The van der Waals surface area contributed by atoms with Crippen LogP contribution in [0.4, 0.5) is 13.2 Å². The third-order valence-corrected chi connectivity index (χ3v) is 1.03. The van der Waals surface area contributed by atoms with Gasteiger partial charge in [-0.05, 0) is 18.2 Å². The number of alkyl halides is 3. The van der Waals surface area contributed by atoms with Crippen molar-refractivity contribution in [3.05, 3.63) is 35.9 Å². The van der Waals surface area contributed by atoms with E-state index in [1.165, 1.54) is 12.1 Å². The second-order valence-corrected chi connectivity index (χ2v) is 1.79. The van der Waals surface area contributed by atoms with Crippen LogP contribution in [0, 0.1) is 6.07 Å². The fourth-order valence-corrected chi connectivity index (χ4v) is 0.570. The standard InChI is InChI=1S/C7H4F3.ClH.Zn/c8-7(9,10)6-4-2-1-3-5-6;;/h1-2,4-5H;1H;/p-1. The van der Waals surface area contributed by atoms with Crippen molar-refractivity contribution >= 4 is 0 Å². The summed E-state index contributed by atoms with van der Waals surface area (Å²) in [5.74, 6) is 0. The van der Waals surface area contributed by atoms with Crippen LogP contribution in [-0.4, -0.2) is 0 Å². The molecule has 0 aliphatic rings.